The highest BCUT2D eigenvalue weighted by atomic mass is 35.5. The molecule has 0 unspecified atom stereocenters. The summed E-state index contributed by atoms with van der Waals surface area (Å²) in [6, 6.07) is 23.4. The van der Waals surface area contributed by atoms with Gasteiger partial charge in [0.1, 0.15) is 0 Å². The van der Waals surface area contributed by atoms with Crippen LogP contribution in [0.4, 0.5) is 0 Å². The fourth-order valence-corrected chi connectivity index (χ4v) is 3.35. The molecule has 1 heterocycles. The van der Waals surface area contributed by atoms with Crippen LogP contribution >= 0.6 is 11.6 Å². The molecule has 0 aliphatic heterocycles. The molecule has 0 bridgehead atoms. The van der Waals surface area contributed by atoms with E-state index in [-0.39, 0.29) is 5.91 Å². The first-order valence-corrected chi connectivity index (χ1v) is 9.70. The van der Waals surface area contributed by atoms with Gasteiger partial charge < -0.3 is 4.57 Å². The van der Waals surface area contributed by atoms with Crippen LogP contribution in [-0.4, -0.2) is 16.7 Å². The lowest BCUT2D eigenvalue weighted by Crippen LogP contribution is -2.17. The fourth-order valence-electron chi connectivity index (χ4n) is 3.23. The lowest BCUT2D eigenvalue weighted by atomic mass is 10.1. The predicted molar refractivity (Wildman–Crippen MR) is 119 cm³/mol. The highest BCUT2D eigenvalue weighted by Crippen LogP contribution is 2.21. The molecular formula is C24H20ClN3O. The molecule has 1 aromatic heterocycles. The number of carbonyl (C=O) groups is 1. The van der Waals surface area contributed by atoms with E-state index in [0.29, 0.717) is 10.6 Å². The Hall–Kier alpha value is -3.37. The van der Waals surface area contributed by atoms with Crippen LogP contribution in [0.3, 0.4) is 0 Å². The van der Waals surface area contributed by atoms with E-state index < -0.39 is 0 Å². The molecule has 1 amide bonds. The number of aryl methyl sites for hydroxylation is 1. The molecule has 0 radical (unpaired) electrons. The average molecular weight is 402 g/mol. The van der Waals surface area contributed by atoms with Crippen LogP contribution in [0, 0.1) is 6.92 Å². The molecule has 4 nitrogen and oxygen atoms in total. The number of aromatic nitrogens is 1. The number of fused-ring (bicyclic) bond motifs is 1. The molecule has 144 valence electrons. The van der Waals surface area contributed by atoms with Gasteiger partial charge in [-0.2, -0.15) is 5.10 Å². The summed E-state index contributed by atoms with van der Waals surface area (Å²) in [4.78, 5) is 12.2. The van der Waals surface area contributed by atoms with Crippen LogP contribution in [0.2, 0.25) is 5.02 Å². The van der Waals surface area contributed by atoms with Crippen LogP contribution < -0.4 is 5.43 Å². The monoisotopic (exact) mass is 401 g/mol. The Balaban J connectivity index is 1.55. The van der Waals surface area contributed by atoms with Gasteiger partial charge >= 0.3 is 0 Å². The lowest BCUT2D eigenvalue weighted by Gasteiger charge is -2.06. The summed E-state index contributed by atoms with van der Waals surface area (Å²) in [7, 11) is 0. The van der Waals surface area contributed by atoms with Crippen LogP contribution in [0.1, 0.15) is 27.0 Å². The number of rotatable bonds is 5. The lowest BCUT2D eigenvalue weighted by molar-refractivity contribution is 0.0955. The van der Waals surface area contributed by atoms with E-state index >= 15 is 0 Å². The number of nitrogens with zero attached hydrogens (tertiary/aromatic N) is 2. The molecule has 0 spiro atoms. The second-order valence-corrected chi connectivity index (χ2v) is 7.36. The van der Waals surface area contributed by atoms with Gasteiger partial charge in [-0.05, 0) is 42.8 Å². The molecule has 3 aromatic carbocycles. The van der Waals surface area contributed by atoms with Crippen molar-refractivity contribution in [1.82, 2.24) is 9.99 Å². The van der Waals surface area contributed by atoms with Crippen molar-refractivity contribution in [1.29, 1.82) is 0 Å². The van der Waals surface area contributed by atoms with Gasteiger partial charge in [0.15, 0.2) is 0 Å². The van der Waals surface area contributed by atoms with E-state index in [4.69, 9.17) is 11.6 Å². The van der Waals surface area contributed by atoms with Crippen LogP contribution in [0.5, 0.6) is 0 Å². The minimum Gasteiger partial charge on any atom is -0.342 e. The first-order valence-electron chi connectivity index (χ1n) is 9.32. The maximum absolute atomic E-state index is 12.2. The Morgan fingerprint density at radius 1 is 1.03 bits per heavy atom. The standard InChI is InChI=1S/C24H20ClN3O/c1-17-6-8-18(9-7-17)15-28-16-20(22-4-2-3-5-23(22)28)14-26-27-24(29)19-10-12-21(25)13-11-19/h2-14,16H,15H2,1H3,(H,27,29)/b26-14-. The van der Waals surface area contributed by atoms with Gasteiger partial charge in [-0.25, -0.2) is 5.43 Å². The first kappa shape index (κ1) is 19.0. The number of hydrazone groups is 1. The molecular weight excluding hydrogens is 382 g/mol. The van der Waals surface area contributed by atoms with Gasteiger partial charge in [-0.3, -0.25) is 4.79 Å². The third kappa shape index (κ3) is 4.39. The summed E-state index contributed by atoms with van der Waals surface area (Å²) >= 11 is 5.86. The maximum Gasteiger partial charge on any atom is 0.271 e. The zero-order valence-electron chi connectivity index (χ0n) is 16.0. The van der Waals surface area contributed by atoms with Crippen molar-refractivity contribution in [2.75, 3.05) is 0 Å². The van der Waals surface area contributed by atoms with Crippen molar-refractivity contribution in [2.24, 2.45) is 5.10 Å². The number of para-hydroxylation sites is 1. The van der Waals surface area contributed by atoms with Crippen molar-refractivity contribution in [2.45, 2.75) is 13.5 Å². The molecule has 29 heavy (non-hydrogen) atoms. The van der Waals surface area contributed by atoms with Crippen molar-refractivity contribution < 1.29 is 4.79 Å². The maximum atomic E-state index is 12.2. The van der Waals surface area contributed by atoms with Gasteiger partial charge in [0, 0.05) is 39.8 Å². The van der Waals surface area contributed by atoms with Gasteiger partial charge in [0.2, 0.25) is 0 Å². The van der Waals surface area contributed by atoms with Crippen LogP contribution in [0.15, 0.2) is 84.1 Å². The number of halogens is 1. The number of benzene rings is 3. The summed E-state index contributed by atoms with van der Waals surface area (Å²) in [5, 5.41) is 5.83. The summed E-state index contributed by atoms with van der Waals surface area (Å²) in [6.45, 7) is 2.85. The van der Waals surface area contributed by atoms with E-state index in [2.05, 4.69) is 64.6 Å². The summed E-state index contributed by atoms with van der Waals surface area (Å²) in [5.41, 5.74) is 7.63. The third-order valence-electron chi connectivity index (χ3n) is 4.77. The molecule has 0 saturated carbocycles. The van der Waals surface area contributed by atoms with Gasteiger partial charge in [-0.1, -0.05) is 59.6 Å². The first-order chi connectivity index (χ1) is 14.1. The Bertz CT molecular complexity index is 1180. The third-order valence-corrected chi connectivity index (χ3v) is 5.02. The van der Waals surface area contributed by atoms with Gasteiger partial charge in [0.25, 0.3) is 5.91 Å². The number of nitrogens with one attached hydrogen (secondary N) is 1. The second-order valence-electron chi connectivity index (χ2n) is 6.92. The van der Waals surface area contributed by atoms with Gasteiger partial charge in [0.05, 0.1) is 6.21 Å². The predicted octanol–water partition coefficient (Wildman–Crippen LogP) is 5.42. The van der Waals surface area contributed by atoms with E-state index in [1.54, 1.807) is 30.5 Å². The van der Waals surface area contributed by atoms with Crippen LogP contribution in [0.25, 0.3) is 10.9 Å². The minimum atomic E-state index is -0.277. The summed E-state index contributed by atoms with van der Waals surface area (Å²) in [6.07, 6.45) is 3.74. The Morgan fingerprint density at radius 2 is 1.76 bits per heavy atom. The average Bonchev–Trinajstić information content (AvgIpc) is 3.08. The van der Waals surface area contributed by atoms with E-state index in [1.807, 2.05) is 12.1 Å². The Labute approximate surface area is 174 Å². The molecule has 0 saturated heterocycles. The number of amides is 1. The SMILES string of the molecule is Cc1ccc(Cn2cc(/C=N\NC(=O)c3ccc(Cl)cc3)c3ccccc32)cc1. The number of hydrogen-bond acceptors (Lipinski definition) is 2. The highest BCUT2D eigenvalue weighted by Gasteiger charge is 2.08. The fraction of sp³-hybridized carbons (Fsp3) is 0.0833. The molecule has 5 heteroatoms. The zero-order valence-corrected chi connectivity index (χ0v) is 16.7. The molecule has 4 aromatic rings. The minimum absolute atomic E-state index is 0.277. The smallest absolute Gasteiger partial charge is 0.271 e. The Kier molecular flexibility index (Phi) is 5.45. The highest BCUT2D eigenvalue weighted by molar-refractivity contribution is 6.30. The van der Waals surface area contributed by atoms with Crippen molar-refractivity contribution in [3.63, 3.8) is 0 Å². The van der Waals surface area contributed by atoms with E-state index in [9.17, 15) is 4.79 Å². The molecule has 0 atom stereocenters. The topological polar surface area (TPSA) is 46.4 Å². The molecule has 0 aliphatic carbocycles. The van der Waals surface area contributed by atoms with E-state index in [0.717, 1.165) is 23.0 Å². The second kappa shape index (κ2) is 8.33. The summed E-state index contributed by atoms with van der Waals surface area (Å²) < 4.78 is 2.20. The zero-order chi connectivity index (χ0) is 20.2. The van der Waals surface area contributed by atoms with Gasteiger partial charge in [-0.15, -0.1) is 0 Å². The van der Waals surface area contributed by atoms with Crippen molar-refractivity contribution in [3.05, 3.63) is 106 Å². The van der Waals surface area contributed by atoms with Crippen molar-refractivity contribution in [3.8, 4) is 0 Å². The normalized spacial score (nSPS) is 11.2. The molecule has 0 aliphatic rings. The molecule has 4 rings (SSSR count). The molecule has 1 N–H and O–H groups in total. The number of hydrogen-bond donors (Lipinski definition) is 1. The quantitative estimate of drug-likeness (QED) is 0.352. The van der Waals surface area contributed by atoms with Crippen molar-refractivity contribution >= 4 is 34.6 Å². The largest absolute Gasteiger partial charge is 0.342 e. The number of carbonyl (C=O) groups excluding carboxylic acids is 1. The van der Waals surface area contributed by atoms with E-state index in [1.165, 1.54) is 11.1 Å². The summed E-state index contributed by atoms with van der Waals surface area (Å²) in [5.74, 6) is -0.277. The Morgan fingerprint density at radius 3 is 2.52 bits per heavy atom. The molecule has 0 fully saturated rings. The van der Waals surface area contributed by atoms with Crippen LogP contribution in [-0.2, 0) is 6.54 Å².